The third-order valence-electron chi connectivity index (χ3n) is 6.83. The van der Waals surface area contributed by atoms with Crippen molar-refractivity contribution < 1.29 is 27.6 Å². The highest BCUT2D eigenvalue weighted by molar-refractivity contribution is 5.97. The van der Waals surface area contributed by atoms with Crippen LogP contribution in [0.3, 0.4) is 0 Å². The molecule has 2 fully saturated rings. The normalized spacial score (nSPS) is 17.6. The van der Waals surface area contributed by atoms with E-state index in [9.17, 15) is 27.6 Å². The molecule has 1 spiro atoms. The summed E-state index contributed by atoms with van der Waals surface area (Å²) in [7, 11) is 0. The first-order valence-electron chi connectivity index (χ1n) is 12.0. The van der Waals surface area contributed by atoms with Gasteiger partial charge in [-0.05, 0) is 55.7 Å². The van der Waals surface area contributed by atoms with Gasteiger partial charge in [0.15, 0.2) is 0 Å². The quantitative estimate of drug-likeness (QED) is 0.656. The smallest absolute Gasteiger partial charge is 0.355 e. The summed E-state index contributed by atoms with van der Waals surface area (Å²) in [5, 5.41) is 2.80. The molecule has 3 amide bonds. The molecule has 0 atom stereocenters. The van der Waals surface area contributed by atoms with Crippen molar-refractivity contribution in [3.05, 3.63) is 65.7 Å². The Balaban J connectivity index is 1.51. The Morgan fingerprint density at radius 2 is 1.64 bits per heavy atom. The van der Waals surface area contributed by atoms with Crippen molar-refractivity contribution in [1.29, 1.82) is 0 Å². The molecule has 7 nitrogen and oxygen atoms in total. The number of nitrogens with one attached hydrogen (secondary N) is 1. The average Bonchev–Trinajstić information content (AvgIpc) is 3.13. The van der Waals surface area contributed by atoms with Crippen molar-refractivity contribution in [3.63, 3.8) is 0 Å². The first-order valence-corrected chi connectivity index (χ1v) is 12.0. The number of carbonyl (C=O) groups excluding carboxylic acids is 3. The molecular formula is C26H29F3N4O3. The number of piperidine rings is 1. The number of para-hydroxylation sites is 1. The van der Waals surface area contributed by atoms with Gasteiger partial charge in [0.25, 0.3) is 11.8 Å². The van der Waals surface area contributed by atoms with Crippen molar-refractivity contribution in [2.45, 2.75) is 37.9 Å². The number of alkyl halides is 3. The van der Waals surface area contributed by atoms with E-state index >= 15 is 0 Å². The maximum atomic E-state index is 13.6. The fourth-order valence-corrected chi connectivity index (χ4v) is 4.88. The van der Waals surface area contributed by atoms with Crippen LogP contribution in [0, 0.1) is 0 Å². The molecule has 0 unspecified atom stereocenters. The summed E-state index contributed by atoms with van der Waals surface area (Å²) in [6.07, 6.45) is -2.98. The highest BCUT2D eigenvalue weighted by atomic mass is 19.4. The minimum Gasteiger partial charge on any atom is -0.355 e. The van der Waals surface area contributed by atoms with Crippen molar-refractivity contribution in [3.8, 4) is 0 Å². The van der Waals surface area contributed by atoms with Crippen molar-refractivity contribution in [1.82, 2.24) is 15.1 Å². The van der Waals surface area contributed by atoms with E-state index in [1.165, 1.54) is 12.1 Å². The molecule has 192 valence electrons. The standard InChI is InChI=1S/C26H29F3N4O3/c1-2-14-30-22(34)17-32-18-33(21-6-4-3-5-7-21)25(24(32)36)12-15-31(16-13-25)23(35)19-8-10-20(11-9-19)26(27,28)29/h3-11H,2,12-18H2,1H3,(H,30,34). The maximum absolute atomic E-state index is 13.6. The number of halogens is 3. The van der Waals surface area contributed by atoms with Crippen LogP contribution in [-0.2, 0) is 15.8 Å². The van der Waals surface area contributed by atoms with Gasteiger partial charge < -0.3 is 20.0 Å². The molecule has 2 heterocycles. The molecule has 0 aromatic heterocycles. The minimum atomic E-state index is -4.47. The Hall–Kier alpha value is -3.56. The summed E-state index contributed by atoms with van der Waals surface area (Å²) in [6.45, 7) is 3.24. The predicted molar refractivity (Wildman–Crippen MR) is 128 cm³/mol. The van der Waals surface area contributed by atoms with Crippen LogP contribution >= 0.6 is 0 Å². The number of hydrogen-bond donors (Lipinski definition) is 1. The van der Waals surface area contributed by atoms with Gasteiger partial charge in [0.05, 0.1) is 12.2 Å². The first-order chi connectivity index (χ1) is 17.2. The van der Waals surface area contributed by atoms with Crippen LogP contribution < -0.4 is 10.2 Å². The van der Waals surface area contributed by atoms with Crippen molar-refractivity contribution in [2.24, 2.45) is 0 Å². The van der Waals surface area contributed by atoms with E-state index in [1.54, 1.807) is 9.80 Å². The van der Waals surface area contributed by atoms with Gasteiger partial charge in [-0.15, -0.1) is 0 Å². The van der Waals surface area contributed by atoms with Gasteiger partial charge in [-0.1, -0.05) is 25.1 Å². The first kappa shape index (κ1) is 25.5. The number of rotatable bonds is 6. The third-order valence-corrected chi connectivity index (χ3v) is 6.83. The zero-order valence-corrected chi connectivity index (χ0v) is 20.1. The Morgan fingerprint density at radius 1 is 1.00 bits per heavy atom. The summed E-state index contributed by atoms with van der Waals surface area (Å²) in [5.74, 6) is -0.740. The highest BCUT2D eigenvalue weighted by Crippen LogP contribution is 2.39. The Morgan fingerprint density at radius 3 is 2.22 bits per heavy atom. The zero-order chi connectivity index (χ0) is 25.9. The van der Waals surface area contributed by atoms with E-state index in [0.717, 1.165) is 24.2 Å². The lowest BCUT2D eigenvalue weighted by molar-refractivity contribution is -0.137. The molecule has 0 saturated carbocycles. The molecule has 2 aliphatic heterocycles. The molecular weight excluding hydrogens is 473 g/mol. The van der Waals surface area contributed by atoms with E-state index in [2.05, 4.69) is 5.32 Å². The number of carbonyl (C=O) groups is 3. The summed E-state index contributed by atoms with van der Waals surface area (Å²) < 4.78 is 38.6. The predicted octanol–water partition coefficient (Wildman–Crippen LogP) is 3.51. The van der Waals surface area contributed by atoms with E-state index in [0.29, 0.717) is 19.4 Å². The summed E-state index contributed by atoms with van der Waals surface area (Å²) in [5.41, 5.74) is -0.686. The van der Waals surface area contributed by atoms with Gasteiger partial charge in [0.2, 0.25) is 5.91 Å². The average molecular weight is 503 g/mol. The Labute approximate surface area is 207 Å². The summed E-state index contributed by atoms with van der Waals surface area (Å²) in [6, 6.07) is 13.6. The number of amides is 3. The Kier molecular flexibility index (Phi) is 7.23. The largest absolute Gasteiger partial charge is 0.416 e. The molecule has 0 radical (unpaired) electrons. The molecule has 36 heavy (non-hydrogen) atoms. The van der Waals surface area contributed by atoms with Gasteiger partial charge in [-0.25, -0.2) is 0 Å². The molecule has 0 bridgehead atoms. The van der Waals surface area contributed by atoms with E-state index in [4.69, 9.17) is 0 Å². The van der Waals surface area contributed by atoms with Crippen molar-refractivity contribution >= 4 is 23.4 Å². The Bertz CT molecular complexity index is 1100. The molecule has 2 aromatic carbocycles. The zero-order valence-electron chi connectivity index (χ0n) is 20.1. The van der Waals surface area contributed by atoms with Crippen molar-refractivity contribution in [2.75, 3.05) is 37.7 Å². The number of benzene rings is 2. The van der Waals surface area contributed by atoms with Gasteiger partial charge in [-0.2, -0.15) is 13.2 Å². The molecule has 2 saturated heterocycles. The second-order valence-corrected chi connectivity index (χ2v) is 9.16. The number of likely N-dealkylation sites (tertiary alicyclic amines) is 1. The van der Waals surface area contributed by atoms with Crippen LogP contribution in [0.4, 0.5) is 18.9 Å². The highest BCUT2D eigenvalue weighted by Gasteiger charge is 2.54. The molecule has 1 N–H and O–H groups in total. The van der Waals surface area contributed by atoms with E-state index in [1.807, 2.05) is 42.2 Å². The topological polar surface area (TPSA) is 73.0 Å². The minimum absolute atomic E-state index is 0.0435. The van der Waals surface area contributed by atoms with Crippen LogP contribution in [0.25, 0.3) is 0 Å². The molecule has 4 rings (SSSR count). The lowest BCUT2D eigenvalue weighted by Crippen LogP contribution is -2.57. The van der Waals surface area contributed by atoms with E-state index < -0.39 is 17.3 Å². The lowest BCUT2D eigenvalue weighted by atomic mass is 9.85. The van der Waals surface area contributed by atoms with E-state index in [-0.39, 0.29) is 49.6 Å². The van der Waals surface area contributed by atoms with Gasteiger partial charge in [0, 0.05) is 30.9 Å². The van der Waals surface area contributed by atoms with Gasteiger partial charge in [0.1, 0.15) is 12.1 Å². The summed E-state index contributed by atoms with van der Waals surface area (Å²) in [4.78, 5) is 44.1. The fraction of sp³-hybridized carbons (Fsp3) is 0.423. The SMILES string of the molecule is CCCNC(=O)CN1CN(c2ccccc2)C2(CCN(C(=O)c3ccc(C(F)(F)F)cc3)CC2)C1=O. The third kappa shape index (κ3) is 5.03. The second kappa shape index (κ2) is 10.2. The monoisotopic (exact) mass is 502 g/mol. The number of anilines is 1. The second-order valence-electron chi connectivity index (χ2n) is 9.16. The molecule has 0 aliphatic carbocycles. The van der Waals surface area contributed by atoms with Crippen LogP contribution in [0.5, 0.6) is 0 Å². The maximum Gasteiger partial charge on any atom is 0.416 e. The van der Waals surface area contributed by atoms with Gasteiger partial charge in [-0.3, -0.25) is 14.4 Å². The number of nitrogens with zero attached hydrogens (tertiary/aromatic N) is 3. The summed E-state index contributed by atoms with van der Waals surface area (Å²) >= 11 is 0. The molecule has 2 aromatic rings. The number of hydrogen-bond acceptors (Lipinski definition) is 4. The van der Waals surface area contributed by atoms with Crippen LogP contribution in [0.2, 0.25) is 0 Å². The molecule has 2 aliphatic rings. The lowest BCUT2D eigenvalue weighted by Gasteiger charge is -2.43. The van der Waals surface area contributed by atoms with Gasteiger partial charge >= 0.3 is 6.18 Å². The van der Waals surface area contributed by atoms with Crippen LogP contribution in [0.15, 0.2) is 54.6 Å². The van der Waals surface area contributed by atoms with Crippen LogP contribution in [0.1, 0.15) is 42.1 Å². The fourth-order valence-electron chi connectivity index (χ4n) is 4.88. The molecule has 10 heteroatoms. The van der Waals surface area contributed by atoms with Crippen LogP contribution in [-0.4, -0.2) is 65.9 Å².